The number of fused-ring (bicyclic) bond motifs is 1. The van der Waals surface area contributed by atoms with Crippen molar-refractivity contribution in [3.8, 4) is 0 Å². The van der Waals surface area contributed by atoms with E-state index in [4.69, 9.17) is 0 Å². The van der Waals surface area contributed by atoms with Crippen molar-refractivity contribution in [1.29, 1.82) is 0 Å². The summed E-state index contributed by atoms with van der Waals surface area (Å²) in [4.78, 5) is 41.4. The van der Waals surface area contributed by atoms with Crippen LogP contribution in [0.3, 0.4) is 0 Å². The third-order valence-corrected chi connectivity index (χ3v) is 3.85. The monoisotopic (exact) mass is 369 g/mol. The van der Waals surface area contributed by atoms with Gasteiger partial charge >= 0.3 is 5.69 Å². The largest absolute Gasteiger partial charge is 0.324 e. The zero-order chi connectivity index (χ0) is 18.7. The van der Waals surface area contributed by atoms with Crippen LogP contribution in [0.2, 0.25) is 0 Å². The molecule has 3 aromatic rings. The first-order valence-electron chi connectivity index (χ1n) is 7.65. The number of H-pyrrole nitrogens is 2. The number of hydrogen-bond donors (Lipinski definition) is 4. The summed E-state index contributed by atoms with van der Waals surface area (Å²) in [6, 6.07) is 10.4. The summed E-state index contributed by atoms with van der Waals surface area (Å²) in [5, 5.41) is 10.4. The van der Waals surface area contributed by atoms with E-state index in [1.54, 1.807) is 42.5 Å². The highest BCUT2D eigenvalue weighted by Crippen LogP contribution is 2.18. The van der Waals surface area contributed by atoms with Crippen LogP contribution in [0.15, 0.2) is 62.4 Å². The molecule has 2 aromatic carbocycles. The second-order valence-corrected chi connectivity index (χ2v) is 6.09. The van der Waals surface area contributed by atoms with Crippen LogP contribution in [0.4, 0.5) is 11.4 Å². The third kappa shape index (κ3) is 4.06. The second kappa shape index (κ2) is 7.36. The molecule has 1 heterocycles. The molecule has 0 aliphatic heterocycles. The van der Waals surface area contributed by atoms with E-state index in [1.807, 2.05) is 0 Å². The maximum Gasteiger partial charge on any atom is 0.323 e. The maximum absolute atomic E-state index is 12.4. The average molecular weight is 369 g/mol. The minimum Gasteiger partial charge on any atom is -0.324 e. The van der Waals surface area contributed by atoms with Crippen molar-refractivity contribution in [2.24, 2.45) is 10.2 Å². The minimum absolute atomic E-state index is 0.342. The summed E-state index contributed by atoms with van der Waals surface area (Å²) >= 11 is 4.17. The number of thiol groups is 1. The molecular weight excluding hydrogens is 354 g/mol. The van der Waals surface area contributed by atoms with Gasteiger partial charge in [0, 0.05) is 10.6 Å². The Hall–Kier alpha value is -3.20. The van der Waals surface area contributed by atoms with Crippen LogP contribution in [0.25, 0.3) is 11.0 Å². The third-order valence-electron chi connectivity index (χ3n) is 3.56. The van der Waals surface area contributed by atoms with Crippen molar-refractivity contribution in [2.45, 2.75) is 17.9 Å². The molecule has 1 atom stereocenters. The molecule has 1 aromatic heterocycles. The fraction of sp³-hybridized carbons (Fsp3) is 0.118. The number of anilines is 1. The Morgan fingerprint density at radius 3 is 2.46 bits per heavy atom. The van der Waals surface area contributed by atoms with Gasteiger partial charge in [0.15, 0.2) is 5.78 Å². The van der Waals surface area contributed by atoms with Gasteiger partial charge in [0.25, 0.3) is 5.91 Å². The summed E-state index contributed by atoms with van der Waals surface area (Å²) in [5.74, 6) is -1.04. The topological polar surface area (TPSA) is 120 Å². The van der Waals surface area contributed by atoms with E-state index in [0.717, 1.165) is 4.90 Å². The van der Waals surface area contributed by atoms with E-state index in [0.29, 0.717) is 22.4 Å². The number of carbonyl (C=O) groups is 2. The summed E-state index contributed by atoms with van der Waals surface area (Å²) in [6.45, 7) is 1.27. The van der Waals surface area contributed by atoms with Crippen molar-refractivity contribution < 1.29 is 9.59 Å². The number of benzene rings is 2. The number of imidazole rings is 1. The lowest BCUT2D eigenvalue weighted by atomic mass is 10.2. The van der Waals surface area contributed by atoms with Crippen LogP contribution in [-0.2, 0) is 9.59 Å². The number of hydrogen-bond acceptors (Lipinski definition) is 6. The molecule has 0 spiro atoms. The number of aromatic nitrogens is 2. The lowest BCUT2D eigenvalue weighted by Gasteiger charge is -2.09. The molecule has 26 heavy (non-hydrogen) atoms. The van der Waals surface area contributed by atoms with Crippen molar-refractivity contribution in [2.75, 3.05) is 5.32 Å². The van der Waals surface area contributed by atoms with Gasteiger partial charge in [-0.05, 0) is 49.4 Å². The first kappa shape index (κ1) is 17.6. The van der Waals surface area contributed by atoms with E-state index in [9.17, 15) is 14.4 Å². The van der Waals surface area contributed by atoms with Crippen LogP contribution in [0.1, 0.15) is 6.92 Å². The van der Waals surface area contributed by atoms with E-state index >= 15 is 0 Å². The highest BCUT2D eigenvalue weighted by atomic mass is 32.1. The Bertz CT molecular complexity index is 1050. The Balaban J connectivity index is 1.78. The quantitative estimate of drug-likeness (QED) is 0.314. The number of nitrogens with one attached hydrogen (secondary N) is 3. The molecule has 0 saturated carbocycles. The molecule has 3 N–H and O–H groups in total. The van der Waals surface area contributed by atoms with Gasteiger partial charge in [0.1, 0.15) is 0 Å². The van der Waals surface area contributed by atoms with Gasteiger partial charge in [-0.1, -0.05) is 0 Å². The fourth-order valence-electron chi connectivity index (χ4n) is 2.28. The standard InChI is InChI=1S/C17H15N5O3S/c1-9(23)15(22-21-10-2-5-12(26)6-3-10)16(24)18-11-4-7-13-14(8-11)20-17(25)19-13/h2-8,15,26H,1H3,(H,18,24)(H2,19,20,25). The van der Waals surface area contributed by atoms with Gasteiger partial charge in [-0.3, -0.25) is 9.59 Å². The minimum atomic E-state index is -1.27. The number of azo groups is 1. The van der Waals surface area contributed by atoms with Gasteiger partial charge in [-0.25, -0.2) is 4.79 Å². The lowest BCUT2D eigenvalue weighted by Crippen LogP contribution is -2.31. The van der Waals surface area contributed by atoms with Crippen molar-refractivity contribution in [1.82, 2.24) is 9.97 Å². The number of nitrogens with zero attached hydrogens (tertiary/aromatic N) is 2. The Morgan fingerprint density at radius 2 is 1.77 bits per heavy atom. The van der Waals surface area contributed by atoms with Gasteiger partial charge < -0.3 is 15.3 Å². The zero-order valence-electron chi connectivity index (χ0n) is 13.7. The molecule has 0 aliphatic rings. The molecule has 8 nitrogen and oxygen atoms in total. The molecule has 3 rings (SSSR count). The predicted molar refractivity (Wildman–Crippen MR) is 100 cm³/mol. The number of amides is 1. The van der Waals surface area contributed by atoms with Gasteiger partial charge in [-0.2, -0.15) is 10.2 Å². The Morgan fingerprint density at radius 1 is 1.08 bits per heavy atom. The Kier molecular flexibility index (Phi) is 4.99. The molecule has 132 valence electrons. The number of ketones is 1. The van der Waals surface area contributed by atoms with Crippen LogP contribution in [-0.4, -0.2) is 27.7 Å². The normalized spacial score (nSPS) is 12.4. The molecular formula is C17H15N5O3S. The molecule has 0 bridgehead atoms. The fourth-order valence-corrected chi connectivity index (χ4v) is 2.43. The van der Waals surface area contributed by atoms with Crippen LogP contribution in [0, 0.1) is 0 Å². The molecule has 1 amide bonds. The molecule has 0 fully saturated rings. The highest BCUT2D eigenvalue weighted by Gasteiger charge is 2.23. The summed E-state index contributed by atoms with van der Waals surface area (Å²) in [6.07, 6.45) is 0. The maximum atomic E-state index is 12.4. The van der Waals surface area contributed by atoms with Crippen molar-refractivity contribution >= 4 is 46.7 Å². The SMILES string of the molecule is CC(=O)C(N=Nc1ccc(S)cc1)C(=O)Nc1ccc2[nH]c(=O)[nH]c2c1. The molecule has 0 radical (unpaired) electrons. The first-order chi connectivity index (χ1) is 12.4. The van der Waals surface area contributed by atoms with Crippen LogP contribution >= 0.6 is 12.6 Å². The smallest absolute Gasteiger partial charge is 0.323 e. The molecule has 1 unspecified atom stereocenters. The van der Waals surface area contributed by atoms with Gasteiger partial charge in [-0.15, -0.1) is 12.6 Å². The predicted octanol–water partition coefficient (Wildman–Crippen LogP) is 2.82. The van der Waals surface area contributed by atoms with Crippen LogP contribution in [0.5, 0.6) is 0 Å². The molecule has 9 heteroatoms. The second-order valence-electron chi connectivity index (χ2n) is 5.57. The Labute approximate surface area is 153 Å². The summed E-state index contributed by atoms with van der Waals surface area (Å²) in [7, 11) is 0. The van der Waals surface area contributed by atoms with E-state index < -0.39 is 17.7 Å². The number of aromatic amines is 2. The highest BCUT2D eigenvalue weighted by molar-refractivity contribution is 7.80. The number of carbonyl (C=O) groups excluding carboxylic acids is 2. The zero-order valence-corrected chi connectivity index (χ0v) is 14.6. The van der Waals surface area contributed by atoms with E-state index in [1.165, 1.54) is 6.92 Å². The summed E-state index contributed by atoms with van der Waals surface area (Å²) in [5.41, 5.74) is 1.75. The molecule has 0 saturated heterocycles. The first-order valence-corrected chi connectivity index (χ1v) is 8.10. The molecule has 0 aliphatic carbocycles. The van der Waals surface area contributed by atoms with Crippen LogP contribution < -0.4 is 11.0 Å². The van der Waals surface area contributed by atoms with Crippen molar-refractivity contribution in [3.05, 3.63) is 52.9 Å². The van der Waals surface area contributed by atoms with E-state index in [2.05, 4.69) is 38.1 Å². The van der Waals surface area contributed by atoms with E-state index in [-0.39, 0.29) is 5.69 Å². The average Bonchev–Trinajstić information content (AvgIpc) is 2.95. The van der Waals surface area contributed by atoms with Crippen molar-refractivity contribution in [3.63, 3.8) is 0 Å². The number of Topliss-reactive ketones (excluding diaryl/α,β-unsaturated/α-hetero) is 1. The van der Waals surface area contributed by atoms with Gasteiger partial charge in [0.2, 0.25) is 6.04 Å². The lowest BCUT2D eigenvalue weighted by molar-refractivity contribution is -0.126. The van der Waals surface area contributed by atoms with Gasteiger partial charge in [0.05, 0.1) is 16.7 Å². The number of rotatable bonds is 5. The summed E-state index contributed by atoms with van der Waals surface area (Å²) < 4.78 is 0.